The second-order valence-corrected chi connectivity index (χ2v) is 11.9. The minimum atomic E-state index is -0.629. The monoisotopic (exact) mass is 460 g/mol. The Balaban J connectivity index is 1.68. The highest BCUT2D eigenvalue weighted by Gasteiger charge is 2.46. The largest absolute Gasteiger partial charge is 0.393 e. The van der Waals surface area contributed by atoms with Crippen LogP contribution in [0.2, 0.25) is 0 Å². The van der Waals surface area contributed by atoms with Gasteiger partial charge in [-0.05, 0) is 86.5 Å². The Hall–Kier alpha value is -0.810. The van der Waals surface area contributed by atoms with Crippen molar-refractivity contribution in [2.24, 2.45) is 11.3 Å². The molecule has 2 saturated carbocycles. The van der Waals surface area contributed by atoms with Crippen molar-refractivity contribution in [2.75, 3.05) is 5.75 Å². The Morgan fingerprint density at radius 3 is 2.69 bits per heavy atom. The SMILES string of the molecule is C=C1C(=CC=C2CCC[C@]3(C)C([C@H](C)SCCC(O)(CC)CC)=CC[C@@H]23)C[C@@H](O)C[C@@H]1O. The normalized spacial score (nSPS) is 34.7. The zero-order chi connectivity index (χ0) is 23.5. The summed E-state index contributed by atoms with van der Waals surface area (Å²) in [4.78, 5) is 0. The Morgan fingerprint density at radius 1 is 1.28 bits per heavy atom. The molecule has 0 aromatic heterocycles. The van der Waals surface area contributed by atoms with Crippen LogP contribution < -0.4 is 0 Å². The van der Waals surface area contributed by atoms with Gasteiger partial charge in [-0.3, -0.25) is 0 Å². The Bertz CT molecular complexity index is 776. The highest BCUT2D eigenvalue weighted by atomic mass is 32.2. The average Bonchev–Trinajstić information content (AvgIpc) is 3.12. The van der Waals surface area contributed by atoms with E-state index in [2.05, 4.69) is 52.5 Å². The summed E-state index contributed by atoms with van der Waals surface area (Å²) in [6, 6.07) is 0. The first kappa shape index (κ1) is 25.8. The van der Waals surface area contributed by atoms with Crippen molar-refractivity contribution < 1.29 is 15.3 Å². The molecule has 3 aliphatic carbocycles. The zero-order valence-corrected chi connectivity index (χ0v) is 21.4. The third-order valence-corrected chi connectivity index (χ3v) is 9.76. The van der Waals surface area contributed by atoms with E-state index in [1.165, 1.54) is 18.4 Å². The Morgan fingerprint density at radius 2 is 2.00 bits per heavy atom. The molecule has 3 rings (SSSR count). The van der Waals surface area contributed by atoms with Crippen molar-refractivity contribution in [2.45, 2.75) is 109 Å². The molecule has 0 heterocycles. The summed E-state index contributed by atoms with van der Waals surface area (Å²) < 4.78 is 0. The minimum Gasteiger partial charge on any atom is -0.393 e. The van der Waals surface area contributed by atoms with E-state index in [1.54, 1.807) is 5.57 Å². The van der Waals surface area contributed by atoms with Crippen LogP contribution in [-0.4, -0.2) is 44.1 Å². The highest BCUT2D eigenvalue weighted by Crippen LogP contribution is 2.56. The molecule has 0 spiro atoms. The van der Waals surface area contributed by atoms with Crippen LogP contribution in [-0.2, 0) is 0 Å². The smallest absolute Gasteiger partial charge is 0.0811 e. The van der Waals surface area contributed by atoms with Gasteiger partial charge in [-0.2, -0.15) is 11.8 Å². The maximum Gasteiger partial charge on any atom is 0.0811 e. The van der Waals surface area contributed by atoms with Gasteiger partial charge in [0, 0.05) is 11.7 Å². The number of fused-ring (bicyclic) bond motifs is 1. The molecule has 0 saturated heterocycles. The Kier molecular flexibility index (Phi) is 8.57. The molecular weight excluding hydrogens is 416 g/mol. The second-order valence-electron chi connectivity index (χ2n) is 10.5. The number of rotatable bonds is 8. The summed E-state index contributed by atoms with van der Waals surface area (Å²) in [6.07, 6.45) is 13.9. The van der Waals surface area contributed by atoms with Crippen LogP contribution in [0.4, 0.5) is 0 Å². The summed E-state index contributed by atoms with van der Waals surface area (Å²) in [7, 11) is 0. The van der Waals surface area contributed by atoms with Gasteiger partial charge >= 0.3 is 0 Å². The molecule has 3 nitrogen and oxygen atoms in total. The third-order valence-electron chi connectivity index (χ3n) is 8.56. The molecule has 0 radical (unpaired) electrons. The molecule has 4 heteroatoms. The molecule has 0 aromatic carbocycles. The van der Waals surface area contributed by atoms with E-state index in [1.807, 2.05) is 11.8 Å². The standard InChI is InChI=1S/C28H44O3S/c1-6-28(31,7-2)15-16-32-20(4)24-12-13-25-21(9-8-14-27(24,25)5)10-11-22-17-23(29)18-26(30)19(22)3/h10-12,20,23,25-26,29-31H,3,6-9,13-18H2,1-2,4-5H3/t20-,23+,25-,26-,27+/m0/s1. The molecule has 0 unspecified atom stereocenters. The van der Waals surface area contributed by atoms with Crippen LogP contribution in [0.3, 0.4) is 0 Å². The predicted octanol–water partition coefficient (Wildman–Crippen LogP) is 6.11. The van der Waals surface area contributed by atoms with Crippen LogP contribution >= 0.6 is 11.8 Å². The first-order valence-corrected chi connectivity index (χ1v) is 13.7. The van der Waals surface area contributed by atoms with Crippen LogP contribution in [0.1, 0.15) is 85.5 Å². The third kappa shape index (κ3) is 5.46. The van der Waals surface area contributed by atoms with Crippen molar-refractivity contribution in [3.8, 4) is 0 Å². The molecule has 5 atom stereocenters. The van der Waals surface area contributed by atoms with Gasteiger partial charge in [0.2, 0.25) is 0 Å². The van der Waals surface area contributed by atoms with Crippen molar-refractivity contribution in [3.05, 3.63) is 47.1 Å². The molecule has 180 valence electrons. The van der Waals surface area contributed by atoms with Crippen molar-refractivity contribution >= 4 is 11.8 Å². The molecule has 3 aliphatic rings. The number of hydrogen-bond donors (Lipinski definition) is 3. The first-order chi connectivity index (χ1) is 15.1. The van der Waals surface area contributed by atoms with Gasteiger partial charge in [0.05, 0.1) is 17.8 Å². The fourth-order valence-corrected chi connectivity index (χ4v) is 7.46. The van der Waals surface area contributed by atoms with Gasteiger partial charge in [0.25, 0.3) is 0 Å². The van der Waals surface area contributed by atoms with Gasteiger partial charge in [0.15, 0.2) is 0 Å². The molecular formula is C28H44O3S. The molecule has 0 amide bonds. The lowest BCUT2D eigenvalue weighted by atomic mass is 9.64. The lowest BCUT2D eigenvalue weighted by Gasteiger charge is -2.42. The van der Waals surface area contributed by atoms with E-state index in [9.17, 15) is 15.3 Å². The summed E-state index contributed by atoms with van der Waals surface area (Å²) >= 11 is 2.00. The van der Waals surface area contributed by atoms with E-state index >= 15 is 0 Å². The van der Waals surface area contributed by atoms with E-state index in [-0.39, 0.29) is 5.41 Å². The highest BCUT2D eigenvalue weighted by molar-refractivity contribution is 8.00. The quantitative estimate of drug-likeness (QED) is 0.382. The number of aliphatic hydroxyl groups excluding tert-OH is 2. The van der Waals surface area contributed by atoms with Gasteiger partial charge in [0.1, 0.15) is 0 Å². The van der Waals surface area contributed by atoms with Crippen LogP contribution in [0.5, 0.6) is 0 Å². The van der Waals surface area contributed by atoms with Crippen molar-refractivity contribution in [1.29, 1.82) is 0 Å². The predicted molar refractivity (Wildman–Crippen MR) is 137 cm³/mol. The molecule has 3 N–H and O–H groups in total. The topological polar surface area (TPSA) is 60.7 Å². The van der Waals surface area contributed by atoms with Crippen molar-refractivity contribution in [3.63, 3.8) is 0 Å². The first-order valence-electron chi connectivity index (χ1n) is 12.6. The lowest BCUT2D eigenvalue weighted by molar-refractivity contribution is 0.0296. The summed E-state index contributed by atoms with van der Waals surface area (Å²) in [5, 5.41) is 31.3. The summed E-state index contributed by atoms with van der Waals surface area (Å²) in [5.74, 6) is 1.54. The minimum absolute atomic E-state index is 0.212. The number of thioether (sulfide) groups is 1. The fourth-order valence-electron chi connectivity index (χ4n) is 6.07. The molecule has 32 heavy (non-hydrogen) atoms. The van der Waals surface area contributed by atoms with E-state index in [0.717, 1.165) is 49.0 Å². The average molecular weight is 461 g/mol. The van der Waals surface area contributed by atoms with Gasteiger partial charge in [-0.1, -0.05) is 56.7 Å². The van der Waals surface area contributed by atoms with Gasteiger partial charge in [-0.25, -0.2) is 0 Å². The molecule has 0 aliphatic heterocycles. The number of hydrogen-bond acceptors (Lipinski definition) is 4. The van der Waals surface area contributed by atoms with Crippen molar-refractivity contribution in [1.82, 2.24) is 0 Å². The van der Waals surface area contributed by atoms with E-state index < -0.39 is 17.8 Å². The molecule has 0 bridgehead atoms. The van der Waals surface area contributed by atoms with E-state index in [0.29, 0.717) is 24.0 Å². The zero-order valence-electron chi connectivity index (χ0n) is 20.6. The van der Waals surface area contributed by atoms with E-state index in [4.69, 9.17) is 0 Å². The lowest BCUT2D eigenvalue weighted by Crippen LogP contribution is -2.33. The summed E-state index contributed by atoms with van der Waals surface area (Å²) in [6.45, 7) is 13.0. The van der Waals surface area contributed by atoms with Crippen LogP contribution in [0.25, 0.3) is 0 Å². The van der Waals surface area contributed by atoms with Crippen LogP contribution in [0.15, 0.2) is 47.1 Å². The number of allylic oxidation sites excluding steroid dienone is 4. The maximum atomic E-state index is 10.6. The maximum absolute atomic E-state index is 10.6. The Labute approximate surface area is 199 Å². The summed E-state index contributed by atoms with van der Waals surface area (Å²) in [5.41, 5.74) is 4.55. The molecule has 2 fully saturated rings. The fraction of sp³-hybridized carbons (Fsp3) is 0.714. The number of aliphatic hydroxyl groups is 3. The molecule has 0 aromatic rings. The van der Waals surface area contributed by atoms with Gasteiger partial charge in [-0.15, -0.1) is 0 Å². The second kappa shape index (κ2) is 10.6. The van der Waals surface area contributed by atoms with Crippen LogP contribution in [0, 0.1) is 11.3 Å². The van der Waals surface area contributed by atoms with Gasteiger partial charge < -0.3 is 15.3 Å².